The quantitative estimate of drug-likeness (QED) is 0.847. The lowest BCUT2D eigenvalue weighted by atomic mass is 9.84. The average Bonchev–Trinajstić information content (AvgIpc) is 2.97. The van der Waals surface area contributed by atoms with Gasteiger partial charge in [0.25, 0.3) is 0 Å². The van der Waals surface area contributed by atoms with E-state index in [-0.39, 0.29) is 5.69 Å². The van der Waals surface area contributed by atoms with Crippen molar-refractivity contribution >= 4 is 17.1 Å². The van der Waals surface area contributed by atoms with Crippen molar-refractivity contribution in [1.29, 1.82) is 0 Å². The van der Waals surface area contributed by atoms with Gasteiger partial charge in [-0.15, -0.1) is 0 Å². The summed E-state index contributed by atoms with van der Waals surface area (Å²) in [5.74, 6) is 0.378. The molecule has 2 atom stereocenters. The minimum absolute atomic E-state index is 0.318. The number of benzene rings is 1. The van der Waals surface area contributed by atoms with Crippen LogP contribution in [0.2, 0.25) is 0 Å². The molecule has 0 amide bonds. The zero-order valence-corrected chi connectivity index (χ0v) is 15.4. The Balaban J connectivity index is 1.53. The molecule has 6 heteroatoms. The lowest BCUT2D eigenvalue weighted by molar-refractivity contribution is 0.0237. The number of nitrogens with zero attached hydrogens (tertiary/aromatic N) is 3. The minimum atomic E-state index is -0.550. The first-order valence-corrected chi connectivity index (χ1v) is 9.82. The topological polar surface area (TPSA) is 56.5 Å². The van der Waals surface area contributed by atoms with Crippen LogP contribution in [-0.2, 0) is 11.3 Å². The van der Waals surface area contributed by atoms with Gasteiger partial charge in [-0.1, -0.05) is 18.6 Å². The normalized spacial score (nSPS) is 23.7. The third-order valence-corrected chi connectivity index (χ3v) is 5.98. The molecule has 2 aromatic rings. The maximum Gasteiger partial charge on any atom is 0.422 e. The van der Waals surface area contributed by atoms with Gasteiger partial charge in [-0.25, -0.2) is 9.59 Å². The number of imidazole rings is 1. The molecule has 4 rings (SSSR count). The number of aromatic nitrogens is 2. The molecule has 2 aliphatic heterocycles. The molecule has 6 nitrogen and oxygen atoms in total. The van der Waals surface area contributed by atoms with Gasteiger partial charge in [-0.3, -0.25) is 9.47 Å². The highest BCUT2D eigenvalue weighted by Gasteiger charge is 2.34. The second-order valence-corrected chi connectivity index (χ2v) is 7.43. The third kappa shape index (κ3) is 2.96. The van der Waals surface area contributed by atoms with E-state index in [1.54, 1.807) is 10.6 Å². The highest BCUT2D eigenvalue weighted by atomic mass is 16.5. The van der Waals surface area contributed by atoms with E-state index in [1.165, 1.54) is 36.9 Å². The number of fused-ring (bicyclic) bond motifs is 2. The van der Waals surface area contributed by atoms with Crippen LogP contribution in [0.1, 0.15) is 39.0 Å². The molecule has 0 saturated carbocycles. The largest absolute Gasteiger partial charge is 0.448 e. The smallest absolute Gasteiger partial charge is 0.422 e. The fourth-order valence-electron chi connectivity index (χ4n) is 4.70. The molecule has 3 heterocycles. The first kappa shape index (κ1) is 17.3. The molecule has 0 bridgehead atoms. The van der Waals surface area contributed by atoms with E-state index in [1.807, 2.05) is 25.1 Å². The van der Waals surface area contributed by atoms with Crippen LogP contribution in [-0.4, -0.2) is 45.9 Å². The van der Waals surface area contributed by atoms with Gasteiger partial charge in [-0.2, -0.15) is 4.57 Å². The Bertz CT molecular complexity index is 852. The number of aryl methyl sites for hydroxylation is 1. The third-order valence-electron chi connectivity index (χ3n) is 5.98. The molecule has 0 aliphatic carbocycles. The van der Waals surface area contributed by atoms with Crippen molar-refractivity contribution in [2.24, 2.45) is 5.92 Å². The Morgan fingerprint density at radius 3 is 2.69 bits per heavy atom. The molecule has 0 unspecified atom stereocenters. The van der Waals surface area contributed by atoms with Crippen LogP contribution >= 0.6 is 0 Å². The molecule has 1 aromatic heterocycles. The van der Waals surface area contributed by atoms with Gasteiger partial charge in [0.05, 0.1) is 17.6 Å². The zero-order valence-electron chi connectivity index (χ0n) is 15.4. The number of carbonyl (C=O) groups excluding carboxylic acids is 1. The second-order valence-electron chi connectivity index (χ2n) is 7.43. The number of hydrogen-bond acceptors (Lipinski definition) is 4. The molecule has 2 aliphatic rings. The molecular formula is C20H27N3O3. The second kappa shape index (κ2) is 7.27. The SMILES string of the molecule is CCn1c(=O)n(C(=O)OC[C@@H]2CCCN3CCCC[C@H]23)c2ccccc21. The monoisotopic (exact) mass is 357 g/mol. The zero-order chi connectivity index (χ0) is 18.1. The molecule has 2 saturated heterocycles. The molecule has 0 N–H and O–H groups in total. The number of ether oxygens (including phenoxy) is 1. The van der Waals surface area contributed by atoms with Crippen LogP contribution in [0.25, 0.3) is 11.0 Å². The van der Waals surface area contributed by atoms with Crippen LogP contribution in [0.4, 0.5) is 4.79 Å². The van der Waals surface area contributed by atoms with E-state index in [0.717, 1.165) is 18.4 Å². The van der Waals surface area contributed by atoms with E-state index >= 15 is 0 Å². The summed E-state index contributed by atoms with van der Waals surface area (Å²) >= 11 is 0. The van der Waals surface area contributed by atoms with Crippen LogP contribution < -0.4 is 5.69 Å². The predicted octanol–water partition coefficient (Wildman–Crippen LogP) is 3.07. The summed E-state index contributed by atoms with van der Waals surface area (Å²) in [6, 6.07) is 7.91. The van der Waals surface area contributed by atoms with Crippen molar-refractivity contribution < 1.29 is 9.53 Å². The van der Waals surface area contributed by atoms with E-state index in [4.69, 9.17) is 4.74 Å². The standard InChI is InChI=1S/C20H27N3O3/c1-2-22-17-10-3-4-11-18(17)23(19(22)24)20(25)26-14-15-8-7-13-21-12-6-5-9-16(15)21/h3-4,10-11,15-16H,2,5-9,12-14H2,1H3/t15-,16+/m0/s1. The summed E-state index contributed by atoms with van der Waals surface area (Å²) in [5, 5.41) is 0. The summed E-state index contributed by atoms with van der Waals surface area (Å²) in [7, 11) is 0. The summed E-state index contributed by atoms with van der Waals surface area (Å²) in [6.07, 6.45) is 5.43. The summed E-state index contributed by atoms with van der Waals surface area (Å²) in [4.78, 5) is 27.9. The van der Waals surface area contributed by atoms with Gasteiger partial charge in [0.15, 0.2) is 0 Å². The van der Waals surface area contributed by atoms with Gasteiger partial charge < -0.3 is 4.74 Å². The Morgan fingerprint density at radius 2 is 1.88 bits per heavy atom. The molecule has 26 heavy (non-hydrogen) atoms. The van der Waals surface area contributed by atoms with E-state index in [2.05, 4.69) is 4.90 Å². The summed E-state index contributed by atoms with van der Waals surface area (Å²) in [6.45, 7) is 5.16. The minimum Gasteiger partial charge on any atom is -0.448 e. The van der Waals surface area contributed by atoms with Crippen LogP contribution in [0.15, 0.2) is 29.1 Å². The first-order chi connectivity index (χ1) is 12.7. The van der Waals surface area contributed by atoms with Crippen molar-refractivity contribution in [2.75, 3.05) is 19.7 Å². The molecule has 0 spiro atoms. The highest BCUT2D eigenvalue weighted by molar-refractivity contribution is 5.86. The molecular weight excluding hydrogens is 330 g/mol. The van der Waals surface area contributed by atoms with E-state index in [9.17, 15) is 9.59 Å². The van der Waals surface area contributed by atoms with Gasteiger partial charge in [0.2, 0.25) is 0 Å². The average molecular weight is 357 g/mol. The van der Waals surface area contributed by atoms with Gasteiger partial charge in [0, 0.05) is 18.5 Å². The summed E-state index contributed by atoms with van der Waals surface area (Å²) < 4.78 is 8.44. The number of piperidine rings is 2. The van der Waals surface area contributed by atoms with E-state index < -0.39 is 6.09 Å². The van der Waals surface area contributed by atoms with Crippen molar-refractivity contribution in [3.8, 4) is 0 Å². The lowest BCUT2D eigenvalue weighted by Crippen LogP contribution is -2.49. The maximum absolute atomic E-state index is 12.7. The Morgan fingerprint density at radius 1 is 1.12 bits per heavy atom. The molecule has 140 valence electrons. The van der Waals surface area contributed by atoms with Crippen molar-refractivity contribution in [3.05, 3.63) is 34.7 Å². The lowest BCUT2D eigenvalue weighted by Gasteiger charge is -2.44. The Labute approximate surface area is 153 Å². The van der Waals surface area contributed by atoms with Crippen molar-refractivity contribution in [1.82, 2.24) is 14.0 Å². The van der Waals surface area contributed by atoms with Crippen LogP contribution in [0, 0.1) is 5.92 Å². The Kier molecular flexibility index (Phi) is 4.85. The number of hydrogen-bond donors (Lipinski definition) is 0. The van der Waals surface area contributed by atoms with Gasteiger partial charge >= 0.3 is 11.8 Å². The predicted molar refractivity (Wildman–Crippen MR) is 101 cm³/mol. The fourth-order valence-corrected chi connectivity index (χ4v) is 4.70. The first-order valence-electron chi connectivity index (χ1n) is 9.82. The Hall–Kier alpha value is -2.08. The maximum atomic E-state index is 12.7. The van der Waals surface area contributed by atoms with Gasteiger partial charge in [-0.05, 0) is 57.8 Å². The fraction of sp³-hybridized carbons (Fsp3) is 0.600. The van der Waals surface area contributed by atoms with Crippen molar-refractivity contribution in [3.63, 3.8) is 0 Å². The van der Waals surface area contributed by atoms with E-state index in [0.29, 0.717) is 30.6 Å². The number of para-hydroxylation sites is 2. The molecule has 2 fully saturated rings. The van der Waals surface area contributed by atoms with Crippen molar-refractivity contribution in [2.45, 2.75) is 51.6 Å². The highest BCUT2D eigenvalue weighted by Crippen LogP contribution is 2.31. The molecule has 0 radical (unpaired) electrons. The number of carbonyl (C=O) groups is 1. The molecule has 1 aromatic carbocycles. The van der Waals surface area contributed by atoms with Crippen LogP contribution in [0.3, 0.4) is 0 Å². The van der Waals surface area contributed by atoms with Crippen LogP contribution in [0.5, 0.6) is 0 Å². The van der Waals surface area contributed by atoms with Gasteiger partial charge in [0.1, 0.15) is 0 Å². The summed E-state index contributed by atoms with van der Waals surface area (Å²) in [5.41, 5.74) is 1.07. The number of rotatable bonds is 3.